The Labute approximate surface area is 98.4 Å². The van der Waals surface area contributed by atoms with Gasteiger partial charge in [-0.3, -0.25) is 9.48 Å². The number of hydrogen-bond acceptors (Lipinski definition) is 5. The topological polar surface area (TPSA) is 105 Å². The van der Waals surface area contributed by atoms with Gasteiger partial charge in [0, 0.05) is 19.6 Å². The Kier molecular flexibility index (Phi) is 3.03. The van der Waals surface area contributed by atoms with E-state index in [1.54, 1.807) is 0 Å². The lowest BCUT2D eigenvalue weighted by Crippen LogP contribution is -2.32. The van der Waals surface area contributed by atoms with Gasteiger partial charge in [-0.2, -0.15) is 5.10 Å². The Hall–Kier alpha value is -1.60. The lowest BCUT2D eigenvalue weighted by molar-refractivity contribution is 0.0572. The van der Waals surface area contributed by atoms with Gasteiger partial charge in [-0.15, -0.1) is 0 Å². The minimum Gasteiger partial charge on any atom is -0.396 e. The first-order valence-corrected chi connectivity index (χ1v) is 5.51. The Bertz CT molecular complexity index is 421. The van der Waals surface area contributed by atoms with Gasteiger partial charge in [-0.25, -0.2) is 0 Å². The van der Waals surface area contributed by atoms with Gasteiger partial charge >= 0.3 is 0 Å². The quantitative estimate of drug-likeness (QED) is 0.593. The van der Waals surface area contributed by atoms with Crippen molar-refractivity contribution < 1.29 is 15.0 Å². The van der Waals surface area contributed by atoms with Crippen LogP contribution < -0.4 is 5.73 Å². The summed E-state index contributed by atoms with van der Waals surface area (Å²) in [7, 11) is 0. The molecule has 1 aromatic heterocycles. The van der Waals surface area contributed by atoms with Crippen LogP contribution in [0.5, 0.6) is 0 Å². The second-order valence-corrected chi connectivity index (χ2v) is 4.11. The number of β-amino-alcohol motifs (C(OH)–C–C–N with tert-alkyl or cyclic N) is 2. The highest BCUT2D eigenvalue weighted by atomic mass is 16.3. The summed E-state index contributed by atoms with van der Waals surface area (Å²) in [5, 5.41) is 22.8. The van der Waals surface area contributed by atoms with Crippen molar-refractivity contribution in [3.05, 3.63) is 11.9 Å². The maximum atomic E-state index is 12.2. The zero-order valence-corrected chi connectivity index (χ0v) is 9.58. The molecule has 1 amide bonds. The van der Waals surface area contributed by atoms with Crippen molar-refractivity contribution in [2.45, 2.75) is 25.7 Å². The number of hydrogen-bond donors (Lipinski definition) is 3. The van der Waals surface area contributed by atoms with E-state index in [0.717, 1.165) is 0 Å². The summed E-state index contributed by atoms with van der Waals surface area (Å²) in [6.45, 7) is 2.64. The second-order valence-electron chi connectivity index (χ2n) is 4.11. The minimum atomic E-state index is -0.891. The highest BCUT2D eigenvalue weighted by Gasteiger charge is 2.34. The van der Waals surface area contributed by atoms with Crippen LogP contribution in [0, 0.1) is 0 Å². The fourth-order valence-corrected chi connectivity index (χ4v) is 1.96. The molecule has 0 spiro atoms. The monoisotopic (exact) mass is 240 g/mol. The lowest BCUT2D eigenvalue weighted by Gasteiger charge is -2.16. The molecule has 2 rings (SSSR count). The number of anilines is 1. The van der Waals surface area contributed by atoms with Crippen molar-refractivity contribution in [1.29, 1.82) is 0 Å². The van der Waals surface area contributed by atoms with Crippen LogP contribution in [-0.2, 0) is 6.54 Å². The van der Waals surface area contributed by atoms with Gasteiger partial charge in [-0.1, -0.05) is 0 Å². The number of nitrogen functional groups attached to an aromatic ring is 1. The number of nitrogens with two attached hydrogens (primary N) is 1. The smallest absolute Gasteiger partial charge is 0.274 e. The third-order valence-electron chi connectivity index (χ3n) is 2.92. The number of amides is 1. The Morgan fingerprint density at radius 1 is 1.53 bits per heavy atom. The maximum absolute atomic E-state index is 12.2. The number of carbonyl (C=O) groups excluding carboxylic acids is 1. The van der Waals surface area contributed by atoms with E-state index in [0.29, 0.717) is 17.9 Å². The van der Waals surface area contributed by atoms with Crippen LogP contribution in [0.15, 0.2) is 6.20 Å². The van der Waals surface area contributed by atoms with Crippen molar-refractivity contribution in [3.63, 3.8) is 0 Å². The number of aryl methyl sites for hydroxylation is 1. The van der Waals surface area contributed by atoms with E-state index in [-0.39, 0.29) is 19.0 Å². The molecule has 2 heterocycles. The fourth-order valence-electron chi connectivity index (χ4n) is 1.96. The fraction of sp³-hybridized carbons (Fsp3) is 0.600. The predicted molar refractivity (Wildman–Crippen MR) is 60.2 cm³/mol. The van der Waals surface area contributed by atoms with Crippen molar-refractivity contribution >= 4 is 11.6 Å². The molecule has 0 aliphatic carbocycles. The van der Waals surface area contributed by atoms with Crippen LogP contribution in [0.1, 0.15) is 17.4 Å². The average molecular weight is 240 g/mol. The molecule has 0 saturated carbocycles. The van der Waals surface area contributed by atoms with Gasteiger partial charge in [0.25, 0.3) is 5.91 Å². The summed E-state index contributed by atoms with van der Waals surface area (Å²) in [5.41, 5.74) is 6.33. The molecule has 7 heteroatoms. The number of aliphatic hydroxyl groups is 2. The van der Waals surface area contributed by atoms with E-state index < -0.39 is 12.2 Å². The van der Waals surface area contributed by atoms with Gasteiger partial charge in [0.05, 0.1) is 24.1 Å². The van der Waals surface area contributed by atoms with Crippen LogP contribution >= 0.6 is 0 Å². The maximum Gasteiger partial charge on any atom is 0.274 e. The first-order chi connectivity index (χ1) is 8.04. The number of aromatic nitrogens is 2. The van der Waals surface area contributed by atoms with Crippen LogP contribution in [0.25, 0.3) is 0 Å². The van der Waals surface area contributed by atoms with Crippen LogP contribution in [0.3, 0.4) is 0 Å². The number of likely N-dealkylation sites (tertiary alicyclic amines) is 1. The normalized spacial score (nSPS) is 24.3. The summed E-state index contributed by atoms with van der Waals surface area (Å²) >= 11 is 0. The van der Waals surface area contributed by atoms with Crippen molar-refractivity contribution in [2.75, 3.05) is 18.8 Å². The van der Waals surface area contributed by atoms with E-state index in [1.165, 1.54) is 15.8 Å². The van der Waals surface area contributed by atoms with Gasteiger partial charge in [0.2, 0.25) is 0 Å². The molecule has 0 aromatic carbocycles. The summed E-state index contributed by atoms with van der Waals surface area (Å²) in [4.78, 5) is 13.5. The summed E-state index contributed by atoms with van der Waals surface area (Å²) in [5.74, 6) is -0.308. The zero-order valence-electron chi connectivity index (χ0n) is 9.58. The Morgan fingerprint density at radius 2 is 2.12 bits per heavy atom. The zero-order chi connectivity index (χ0) is 12.6. The molecule has 2 atom stereocenters. The Morgan fingerprint density at radius 3 is 2.65 bits per heavy atom. The molecule has 0 bridgehead atoms. The largest absolute Gasteiger partial charge is 0.396 e. The number of carbonyl (C=O) groups is 1. The molecule has 17 heavy (non-hydrogen) atoms. The number of rotatable bonds is 2. The van der Waals surface area contributed by atoms with E-state index >= 15 is 0 Å². The molecule has 4 N–H and O–H groups in total. The third kappa shape index (κ3) is 1.98. The van der Waals surface area contributed by atoms with Crippen LogP contribution in [0.2, 0.25) is 0 Å². The summed E-state index contributed by atoms with van der Waals surface area (Å²) in [6, 6.07) is 0. The molecular weight excluding hydrogens is 224 g/mol. The van der Waals surface area contributed by atoms with Gasteiger partial charge in [-0.05, 0) is 6.92 Å². The first kappa shape index (κ1) is 11.9. The van der Waals surface area contributed by atoms with Gasteiger partial charge in [0.15, 0.2) is 0 Å². The van der Waals surface area contributed by atoms with Gasteiger partial charge in [0.1, 0.15) is 5.69 Å². The molecule has 0 unspecified atom stereocenters. The van der Waals surface area contributed by atoms with E-state index in [1.807, 2.05) is 6.92 Å². The molecule has 1 saturated heterocycles. The molecule has 7 nitrogen and oxygen atoms in total. The average Bonchev–Trinajstić information content (AvgIpc) is 2.82. The molecular formula is C10H16N4O3. The molecule has 1 fully saturated rings. The van der Waals surface area contributed by atoms with Crippen molar-refractivity contribution in [1.82, 2.24) is 14.7 Å². The van der Waals surface area contributed by atoms with Gasteiger partial charge < -0.3 is 20.8 Å². The molecule has 0 radical (unpaired) electrons. The molecule has 1 aliphatic rings. The molecule has 1 aromatic rings. The highest BCUT2D eigenvalue weighted by molar-refractivity contribution is 5.97. The van der Waals surface area contributed by atoms with E-state index in [2.05, 4.69) is 5.10 Å². The molecule has 94 valence electrons. The van der Waals surface area contributed by atoms with E-state index in [9.17, 15) is 15.0 Å². The highest BCUT2D eigenvalue weighted by Crippen LogP contribution is 2.18. The third-order valence-corrected chi connectivity index (χ3v) is 2.92. The van der Waals surface area contributed by atoms with Crippen molar-refractivity contribution in [2.24, 2.45) is 0 Å². The van der Waals surface area contributed by atoms with Crippen molar-refractivity contribution in [3.8, 4) is 0 Å². The second kappa shape index (κ2) is 4.34. The van der Waals surface area contributed by atoms with Crippen LogP contribution in [-0.4, -0.2) is 56.1 Å². The van der Waals surface area contributed by atoms with E-state index in [4.69, 9.17) is 5.73 Å². The first-order valence-electron chi connectivity index (χ1n) is 5.51. The van der Waals surface area contributed by atoms with Crippen LogP contribution in [0.4, 0.5) is 5.69 Å². The number of nitrogens with zero attached hydrogens (tertiary/aromatic N) is 3. The standard InChI is InChI=1S/C10H16N4O3/c1-2-14-9(6(11)3-12-14)10(17)13-4-7(15)8(16)5-13/h3,7-8,15-16H,2,4-5,11H2,1H3/t7-,8+. The SMILES string of the molecule is CCn1ncc(N)c1C(=O)N1C[C@@H](O)[C@@H](O)C1. The predicted octanol–water partition coefficient (Wildman–Crippen LogP) is -1.34. The Balaban J connectivity index is 2.23. The summed E-state index contributed by atoms with van der Waals surface area (Å²) in [6.07, 6.45) is -0.351. The molecule has 1 aliphatic heterocycles. The lowest BCUT2D eigenvalue weighted by atomic mass is 10.3. The minimum absolute atomic E-state index is 0.119. The number of aliphatic hydroxyl groups excluding tert-OH is 2. The summed E-state index contributed by atoms with van der Waals surface area (Å²) < 4.78 is 1.51.